The van der Waals surface area contributed by atoms with Gasteiger partial charge in [-0.3, -0.25) is 14.3 Å². The number of aryl methyl sites for hydroxylation is 1. The second kappa shape index (κ2) is 8.03. The molecule has 1 heterocycles. The number of amides is 1. The Hall–Kier alpha value is -2.50. The normalized spacial score (nSPS) is 10.8. The van der Waals surface area contributed by atoms with Gasteiger partial charge in [-0.2, -0.15) is 0 Å². The fourth-order valence-electron chi connectivity index (χ4n) is 2.89. The molecule has 1 amide bonds. The summed E-state index contributed by atoms with van der Waals surface area (Å²) in [4.78, 5) is 25.2. The maximum absolute atomic E-state index is 12.8. The van der Waals surface area contributed by atoms with Crippen LogP contribution in [0.25, 0.3) is 5.69 Å². The molecule has 0 spiro atoms. The van der Waals surface area contributed by atoms with E-state index in [2.05, 4.69) is 5.32 Å². The number of carbonyl (C=O) groups is 1. The molecule has 1 aromatic heterocycles. The molecular formula is C20H19Cl2N3O2. The summed E-state index contributed by atoms with van der Waals surface area (Å²) in [6, 6.07) is 14.5. The highest BCUT2D eigenvalue weighted by atomic mass is 35.5. The van der Waals surface area contributed by atoms with Crippen molar-refractivity contribution >= 4 is 34.8 Å². The van der Waals surface area contributed by atoms with Gasteiger partial charge in [0.2, 0.25) is 5.91 Å². The number of hydrogen-bond donors (Lipinski definition) is 1. The minimum Gasteiger partial charge on any atom is -0.320 e. The Kier molecular flexibility index (Phi) is 5.73. The molecule has 0 aliphatic heterocycles. The smallest absolute Gasteiger partial charge is 0.295 e. The SMILES string of the molecule is Cc1c(NC(=O)CCc2ccc(Cl)cc2Cl)c(=O)n(-c2ccccc2)n1C. The van der Waals surface area contributed by atoms with Gasteiger partial charge in [-0.1, -0.05) is 47.5 Å². The van der Waals surface area contributed by atoms with Crippen LogP contribution in [0.3, 0.4) is 0 Å². The number of halogens is 2. The summed E-state index contributed by atoms with van der Waals surface area (Å²) in [5.41, 5.74) is 2.28. The summed E-state index contributed by atoms with van der Waals surface area (Å²) in [6.45, 7) is 1.80. The van der Waals surface area contributed by atoms with E-state index >= 15 is 0 Å². The lowest BCUT2D eigenvalue weighted by Gasteiger charge is -2.07. The molecule has 7 heteroatoms. The van der Waals surface area contributed by atoms with Crippen molar-refractivity contribution in [1.82, 2.24) is 9.36 Å². The van der Waals surface area contributed by atoms with E-state index in [-0.39, 0.29) is 23.6 Å². The van der Waals surface area contributed by atoms with E-state index < -0.39 is 0 Å². The van der Waals surface area contributed by atoms with Crippen molar-refractivity contribution in [2.24, 2.45) is 7.05 Å². The lowest BCUT2D eigenvalue weighted by atomic mass is 10.1. The lowest BCUT2D eigenvalue weighted by Crippen LogP contribution is -2.23. The van der Waals surface area contributed by atoms with E-state index in [1.54, 1.807) is 36.9 Å². The fraction of sp³-hybridized carbons (Fsp3) is 0.200. The summed E-state index contributed by atoms with van der Waals surface area (Å²) < 4.78 is 3.25. The van der Waals surface area contributed by atoms with Crippen molar-refractivity contribution in [1.29, 1.82) is 0 Å². The van der Waals surface area contributed by atoms with Crippen LogP contribution in [0.15, 0.2) is 53.3 Å². The minimum atomic E-state index is -0.265. The molecule has 0 aliphatic carbocycles. The molecule has 1 N–H and O–H groups in total. The first-order valence-electron chi connectivity index (χ1n) is 8.46. The van der Waals surface area contributed by atoms with Crippen molar-refractivity contribution in [3.05, 3.63) is 80.2 Å². The topological polar surface area (TPSA) is 56.0 Å². The van der Waals surface area contributed by atoms with Crippen LogP contribution in [0.4, 0.5) is 5.69 Å². The van der Waals surface area contributed by atoms with E-state index in [4.69, 9.17) is 23.2 Å². The van der Waals surface area contributed by atoms with Crippen molar-refractivity contribution in [2.45, 2.75) is 19.8 Å². The zero-order chi connectivity index (χ0) is 19.6. The molecular weight excluding hydrogens is 385 g/mol. The lowest BCUT2D eigenvalue weighted by molar-refractivity contribution is -0.116. The Morgan fingerprint density at radius 3 is 2.48 bits per heavy atom. The third kappa shape index (κ3) is 4.10. The van der Waals surface area contributed by atoms with Crippen LogP contribution in [0, 0.1) is 6.92 Å². The number of carbonyl (C=O) groups excluding carboxylic acids is 1. The number of rotatable bonds is 5. The second-order valence-electron chi connectivity index (χ2n) is 6.22. The summed E-state index contributed by atoms with van der Waals surface area (Å²) in [7, 11) is 1.78. The van der Waals surface area contributed by atoms with Crippen molar-refractivity contribution in [2.75, 3.05) is 5.32 Å². The van der Waals surface area contributed by atoms with E-state index in [0.717, 1.165) is 11.3 Å². The quantitative estimate of drug-likeness (QED) is 0.687. The maximum Gasteiger partial charge on any atom is 0.295 e. The zero-order valence-corrected chi connectivity index (χ0v) is 16.5. The van der Waals surface area contributed by atoms with Gasteiger partial charge in [0.05, 0.1) is 11.4 Å². The molecule has 3 rings (SSSR count). The Bertz CT molecular complexity index is 1040. The largest absolute Gasteiger partial charge is 0.320 e. The first-order valence-corrected chi connectivity index (χ1v) is 9.22. The highest BCUT2D eigenvalue weighted by Crippen LogP contribution is 2.22. The number of anilines is 1. The number of aromatic nitrogens is 2. The van der Waals surface area contributed by atoms with Gasteiger partial charge < -0.3 is 5.32 Å². The summed E-state index contributed by atoms with van der Waals surface area (Å²) in [5.74, 6) is -0.243. The number of nitrogens with one attached hydrogen (secondary N) is 1. The summed E-state index contributed by atoms with van der Waals surface area (Å²) in [6.07, 6.45) is 0.668. The summed E-state index contributed by atoms with van der Waals surface area (Å²) in [5, 5.41) is 3.82. The van der Waals surface area contributed by atoms with E-state index in [1.807, 2.05) is 30.3 Å². The molecule has 140 valence electrons. The van der Waals surface area contributed by atoms with Crippen LogP contribution in [0.5, 0.6) is 0 Å². The van der Waals surface area contributed by atoms with Crippen LogP contribution in [0.1, 0.15) is 17.7 Å². The Morgan fingerprint density at radius 2 is 1.81 bits per heavy atom. The van der Waals surface area contributed by atoms with Crippen molar-refractivity contribution in [3.8, 4) is 5.69 Å². The summed E-state index contributed by atoms with van der Waals surface area (Å²) >= 11 is 12.0. The van der Waals surface area contributed by atoms with E-state index in [0.29, 0.717) is 22.2 Å². The molecule has 0 saturated heterocycles. The van der Waals surface area contributed by atoms with Crippen LogP contribution < -0.4 is 10.9 Å². The predicted molar refractivity (Wildman–Crippen MR) is 109 cm³/mol. The highest BCUT2D eigenvalue weighted by Gasteiger charge is 2.18. The number of benzene rings is 2. The second-order valence-corrected chi connectivity index (χ2v) is 7.06. The average Bonchev–Trinajstić information content (AvgIpc) is 2.85. The van der Waals surface area contributed by atoms with Crippen LogP contribution >= 0.6 is 23.2 Å². The highest BCUT2D eigenvalue weighted by molar-refractivity contribution is 6.35. The van der Waals surface area contributed by atoms with Gasteiger partial charge >= 0.3 is 0 Å². The molecule has 0 radical (unpaired) electrons. The van der Waals surface area contributed by atoms with Gasteiger partial charge in [0.15, 0.2) is 0 Å². The molecule has 0 saturated carbocycles. The predicted octanol–water partition coefficient (Wildman–Crippen LogP) is 4.36. The third-order valence-electron chi connectivity index (χ3n) is 4.46. The molecule has 27 heavy (non-hydrogen) atoms. The van der Waals surface area contributed by atoms with Gasteiger partial charge in [0, 0.05) is 23.5 Å². The van der Waals surface area contributed by atoms with Crippen molar-refractivity contribution < 1.29 is 4.79 Å². The molecule has 0 unspecified atom stereocenters. The number of para-hydroxylation sites is 1. The molecule has 2 aromatic carbocycles. The first-order chi connectivity index (χ1) is 12.9. The van der Waals surface area contributed by atoms with E-state index in [9.17, 15) is 9.59 Å². The van der Waals surface area contributed by atoms with Gasteiger partial charge in [0.25, 0.3) is 5.56 Å². The standard InChI is InChI=1S/C20H19Cl2N3O2/c1-13-19(20(27)25(24(13)2)16-6-4-3-5-7-16)23-18(26)11-9-14-8-10-15(21)12-17(14)22/h3-8,10,12H,9,11H2,1-2H3,(H,23,26). The monoisotopic (exact) mass is 403 g/mol. The molecule has 3 aromatic rings. The Balaban J connectivity index is 1.78. The molecule has 0 aliphatic rings. The molecule has 0 atom stereocenters. The van der Waals surface area contributed by atoms with Gasteiger partial charge in [0.1, 0.15) is 5.69 Å². The molecule has 0 bridgehead atoms. The van der Waals surface area contributed by atoms with E-state index in [1.165, 1.54) is 4.68 Å². The maximum atomic E-state index is 12.8. The number of nitrogens with zero attached hydrogens (tertiary/aromatic N) is 2. The first kappa shape index (κ1) is 19.3. The molecule has 5 nitrogen and oxygen atoms in total. The number of hydrogen-bond acceptors (Lipinski definition) is 2. The van der Waals surface area contributed by atoms with Crippen LogP contribution in [0.2, 0.25) is 10.0 Å². The van der Waals surface area contributed by atoms with Gasteiger partial charge in [-0.25, -0.2) is 4.68 Å². The Labute approximate surface area is 167 Å². The van der Waals surface area contributed by atoms with Crippen LogP contribution in [-0.2, 0) is 18.3 Å². The average molecular weight is 404 g/mol. The third-order valence-corrected chi connectivity index (χ3v) is 5.04. The minimum absolute atomic E-state index is 0.209. The Morgan fingerprint density at radius 1 is 1.11 bits per heavy atom. The zero-order valence-electron chi connectivity index (χ0n) is 15.0. The van der Waals surface area contributed by atoms with Crippen LogP contribution in [-0.4, -0.2) is 15.3 Å². The molecule has 0 fully saturated rings. The van der Waals surface area contributed by atoms with Crippen molar-refractivity contribution in [3.63, 3.8) is 0 Å². The van der Waals surface area contributed by atoms with Gasteiger partial charge in [-0.15, -0.1) is 0 Å². The fourth-order valence-corrected chi connectivity index (χ4v) is 3.39. The van der Waals surface area contributed by atoms with Gasteiger partial charge in [-0.05, 0) is 43.2 Å².